The first-order valence-corrected chi connectivity index (χ1v) is 8.74. The molecule has 0 bridgehead atoms. The molecule has 1 aromatic rings. The van der Waals surface area contributed by atoms with Crippen molar-refractivity contribution in [2.75, 3.05) is 19.6 Å². The van der Waals surface area contributed by atoms with Gasteiger partial charge in [0.15, 0.2) is 0 Å². The van der Waals surface area contributed by atoms with Gasteiger partial charge in [0, 0.05) is 6.54 Å². The lowest BCUT2D eigenvalue weighted by Crippen LogP contribution is -2.24. The van der Waals surface area contributed by atoms with Crippen LogP contribution in [0.3, 0.4) is 0 Å². The minimum absolute atomic E-state index is 0.465. The van der Waals surface area contributed by atoms with E-state index >= 15 is 0 Å². The molecular formula is C19H32N2. The number of hydrogen-bond acceptors (Lipinski definition) is 2. The van der Waals surface area contributed by atoms with Gasteiger partial charge in [-0.2, -0.15) is 0 Å². The van der Waals surface area contributed by atoms with E-state index in [1.165, 1.54) is 56.3 Å². The van der Waals surface area contributed by atoms with Crippen molar-refractivity contribution in [2.24, 2.45) is 11.7 Å². The van der Waals surface area contributed by atoms with E-state index in [-0.39, 0.29) is 0 Å². The molecule has 1 fully saturated rings. The topological polar surface area (TPSA) is 29.3 Å². The van der Waals surface area contributed by atoms with Crippen molar-refractivity contribution in [3.05, 3.63) is 35.4 Å². The molecule has 1 aliphatic rings. The number of rotatable bonds is 6. The molecule has 0 radical (unpaired) electrons. The SMILES string of the molecule is CCCC1CCCN(Cc2ccc(C(C)CN)cc2)CC1. The van der Waals surface area contributed by atoms with Crippen molar-refractivity contribution in [1.29, 1.82) is 0 Å². The largest absolute Gasteiger partial charge is 0.330 e. The van der Waals surface area contributed by atoms with E-state index in [4.69, 9.17) is 5.73 Å². The van der Waals surface area contributed by atoms with Crippen LogP contribution in [0, 0.1) is 5.92 Å². The molecule has 0 amide bonds. The van der Waals surface area contributed by atoms with Gasteiger partial charge in [-0.1, -0.05) is 51.0 Å². The summed E-state index contributed by atoms with van der Waals surface area (Å²) >= 11 is 0. The third-order valence-corrected chi connectivity index (χ3v) is 4.95. The maximum absolute atomic E-state index is 5.74. The molecule has 1 aromatic carbocycles. The molecule has 0 aliphatic carbocycles. The van der Waals surface area contributed by atoms with Crippen LogP contribution in [0.4, 0.5) is 0 Å². The van der Waals surface area contributed by atoms with Crippen LogP contribution in [0.15, 0.2) is 24.3 Å². The highest BCUT2D eigenvalue weighted by Crippen LogP contribution is 2.23. The van der Waals surface area contributed by atoms with Crippen molar-refractivity contribution in [3.63, 3.8) is 0 Å². The average molecular weight is 288 g/mol. The van der Waals surface area contributed by atoms with E-state index in [9.17, 15) is 0 Å². The van der Waals surface area contributed by atoms with Gasteiger partial charge in [0.2, 0.25) is 0 Å². The number of benzene rings is 1. The average Bonchev–Trinajstić information content (AvgIpc) is 2.73. The van der Waals surface area contributed by atoms with Gasteiger partial charge in [0.05, 0.1) is 0 Å². The molecule has 2 N–H and O–H groups in total. The number of likely N-dealkylation sites (tertiary alicyclic amines) is 1. The van der Waals surface area contributed by atoms with Gasteiger partial charge in [0.25, 0.3) is 0 Å². The minimum atomic E-state index is 0.465. The van der Waals surface area contributed by atoms with Gasteiger partial charge in [-0.15, -0.1) is 0 Å². The molecule has 2 nitrogen and oxygen atoms in total. The third kappa shape index (κ3) is 5.12. The summed E-state index contributed by atoms with van der Waals surface area (Å²) in [6, 6.07) is 9.08. The summed E-state index contributed by atoms with van der Waals surface area (Å²) in [6.45, 7) is 8.87. The highest BCUT2D eigenvalue weighted by molar-refractivity contribution is 5.25. The van der Waals surface area contributed by atoms with Crippen LogP contribution >= 0.6 is 0 Å². The van der Waals surface area contributed by atoms with Crippen LogP contribution in [-0.4, -0.2) is 24.5 Å². The van der Waals surface area contributed by atoms with E-state index < -0.39 is 0 Å². The maximum Gasteiger partial charge on any atom is 0.0233 e. The van der Waals surface area contributed by atoms with E-state index in [1.807, 2.05) is 0 Å². The molecular weight excluding hydrogens is 256 g/mol. The molecule has 0 aromatic heterocycles. The highest BCUT2D eigenvalue weighted by atomic mass is 15.1. The van der Waals surface area contributed by atoms with E-state index in [2.05, 4.69) is 43.0 Å². The smallest absolute Gasteiger partial charge is 0.0233 e. The summed E-state index contributed by atoms with van der Waals surface area (Å²) in [5.74, 6) is 1.43. The Balaban J connectivity index is 1.86. The molecule has 0 saturated carbocycles. The van der Waals surface area contributed by atoms with E-state index in [0.717, 1.165) is 19.0 Å². The van der Waals surface area contributed by atoms with Gasteiger partial charge >= 0.3 is 0 Å². The van der Waals surface area contributed by atoms with Crippen molar-refractivity contribution in [2.45, 2.75) is 58.4 Å². The molecule has 2 heteroatoms. The Morgan fingerprint density at radius 2 is 1.95 bits per heavy atom. The fraction of sp³-hybridized carbons (Fsp3) is 0.684. The fourth-order valence-electron chi connectivity index (χ4n) is 3.43. The summed E-state index contributed by atoms with van der Waals surface area (Å²) in [5, 5.41) is 0. The van der Waals surface area contributed by atoms with Crippen molar-refractivity contribution in [3.8, 4) is 0 Å². The zero-order valence-corrected chi connectivity index (χ0v) is 13.9. The normalized spacial score (nSPS) is 22.0. The van der Waals surface area contributed by atoms with E-state index in [0.29, 0.717) is 5.92 Å². The molecule has 2 unspecified atom stereocenters. The number of nitrogens with zero attached hydrogens (tertiary/aromatic N) is 1. The lowest BCUT2D eigenvalue weighted by Gasteiger charge is -2.20. The third-order valence-electron chi connectivity index (χ3n) is 4.95. The quantitative estimate of drug-likeness (QED) is 0.852. The van der Waals surface area contributed by atoms with Crippen LogP contribution in [0.25, 0.3) is 0 Å². The number of nitrogens with two attached hydrogens (primary N) is 1. The standard InChI is InChI=1S/C19H32N2/c1-3-5-17-6-4-12-21(13-11-17)15-18-7-9-19(10-8-18)16(2)14-20/h7-10,16-17H,3-6,11-15,20H2,1-2H3. The molecule has 2 atom stereocenters. The lowest BCUT2D eigenvalue weighted by molar-refractivity contribution is 0.271. The number of hydrogen-bond donors (Lipinski definition) is 1. The summed E-state index contributed by atoms with van der Waals surface area (Å²) in [5.41, 5.74) is 8.54. The first-order valence-electron chi connectivity index (χ1n) is 8.74. The summed E-state index contributed by atoms with van der Waals surface area (Å²) in [7, 11) is 0. The predicted molar refractivity (Wildman–Crippen MR) is 91.4 cm³/mol. The van der Waals surface area contributed by atoms with Crippen molar-refractivity contribution in [1.82, 2.24) is 4.90 Å². The first-order chi connectivity index (χ1) is 10.2. The zero-order valence-electron chi connectivity index (χ0n) is 13.9. The van der Waals surface area contributed by atoms with Crippen LogP contribution in [-0.2, 0) is 6.54 Å². The first kappa shape index (κ1) is 16.5. The lowest BCUT2D eigenvalue weighted by atomic mass is 9.96. The van der Waals surface area contributed by atoms with Gasteiger partial charge < -0.3 is 5.73 Å². The van der Waals surface area contributed by atoms with Gasteiger partial charge in [-0.3, -0.25) is 4.90 Å². The Morgan fingerprint density at radius 3 is 2.62 bits per heavy atom. The highest BCUT2D eigenvalue weighted by Gasteiger charge is 2.16. The summed E-state index contributed by atoms with van der Waals surface area (Å²) in [4.78, 5) is 2.64. The van der Waals surface area contributed by atoms with Crippen LogP contribution < -0.4 is 5.73 Å². The van der Waals surface area contributed by atoms with Gasteiger partial charge in [0.1, 0.15) is 0 Å². The maximum atomic E-state index is 5.74. The van der Waals surface area contributed by atoms with Crippen LogP contribution in [0.2, 0.25) is 0 Å². The Hall–Kier alpha value is -0.860. The van der Waals surface area contributed by atoms with Crippen LogP contribution in [0.1, 0.15) is 63.0 Å². The molecule has 1 aliphatic heterocycles. The Kier molecular flexibility index (Phi) is 6.72. The van der Waals surface area contributed by atoms with E-state index in [1.54, 1.807) is 0 Å². The monoisotopic (exact) mass is 288 g/mol. The zero-order chi connectivity index (χ0) is 15.1. The fourth-order valence-corrected chi connectivity index (χ4v) is 3.43. The van der Waals surface area contributed by atoms with Gasteiger partial charge in [-0.05, 0) is 61.9 Å². The molecule has 21 heavy (non-hydrogen) atoms. The Bertz CT molecular complexity index is 399. The molecule has 1 saturated heterocycles. The van der Waals surface area contributed by atoms with Crippen LogP contribution in [0.5, 0.6) is 0 Å². The molecule has 118 valence electrons. The van der Waals surface area contributed by atoms with Crippen molar-refractivity contribution >= 4 is 0 Å². The Morgan fingerprint density at radius 1 is 1.19 bits per heavy atom. The molecule has 2 rings (SSSR count). The predicted octanol–water partition coefficient (Wildman–Crippen LogP) is 4.15. The Labute approximate surface area is 130 Å². The second-order valence-corrected chi connectivity index (χ2v) is 6.74. The molecule has 1 heterocycles. The van der Waals surface area contributed by atoms with Gasteiger partial charge in [-0.25, -0.2) is 0 Å². The summed E-state index contributed by atoms with van der Waals surface area (Å²) in [6.07, 6.45) is 6.94. The summed E-state index contributed by atoms with van der Waals surface area (Å²) < 4.78 is 0. The second kappa shape index (κ2) is 8.55. The van der Waals surface area contributed by atoms with Crippen molar-refractivity contribution < 1.29 is 0 Å². The second-order valence-electron chi connectivity index (χ2n) is 6.74. The minimum Gasteiger partial charge on any atom is -0.330 e. The molecule has 0 spiro atoms.